The van der Waals surface area contributed by atoms with E-state index in [2.05, 4.69) is 15.9 Å². The number of carboxylic acids is 1. The van der Waals surface area contributed by atoms with Crippen molar-refractivity contribution in [2.45, 2.75) is 25.2 Å². The Labute approximate surface area is 138 Å². The van der Waals surface area contributed by atoms with Gasteiger partial charge in [0, 0.05) is 10.0 Å². The number of carbonyl (C=O) groups is 1. The molecule has 2 aliphatic rings. The average Bonchev–Trinajstić information content (AvgIpc) is 2.93. The van der Waals surface area contributed by atoms with Crippen molar-refractivity contribution >= 4 is 21.9 Å². The summed E-state index contributed by atoms with van der Waals surface area (Å²) in [6, 6.07) is 8.04. The number of piperidine rings is 1. The van der Waals surface area contributed by atoms with Crippen molar-refractivity contribution in [2.75, 3.05) is 32.8 Å². The van der Waals surface area contributed by atoms with Crippen molar-refractivity contribution in [1.82, 2.24) is 0 Å². The van der Waals surface area contributed by atoms with Crippen LogP contribution in [0.2, 0.25) is 0 Å². The molecule has 0 N–H and O–H groups in total. The van der Waals surface area contributed by atoms with Crippen molar-refractivity contribution in [2.24, 2.45) is 0 Å². The fourth-order valence-electron chi connectivity index (χ4n) is 3.46. The largest absolute Gasteiger partial charge is 0.544 e. The summed E-state index contributed by atoms with van der Waals surface area (Å²) in [5, 5.41) is 11.2. The summed E-state index contributed by atoms with van der Waals surface area (Å²) in [4.78, 5) is 11.2. The lowest BCUT2D eigenvalue weighted by atomic mass is 9.99. The molecule has 5 nitrogen and oxygen atoms in total. The van der Waals surface area contributed by atoms with E-state index in [0.717, 1.165) is 36.0 Å². The van der Waals surface area contributed by atoms with E-state index in [1.165, 1.54) is 0 Å². The van der Waals surface area contributed by atoms with Crippen LogP contribution in [0.1, 0.15) is 18.4 Å². The van der Waals surface area contributed by atoms with Crippen LogP contribution in [0.15, 0.2) is 28.7 Å². The first-order valence-corrected chi connectivity index (χ1v) is 8.38. The van der Waals surface area contributed by atoms with Gasteiger partial charge in [-0.25, -0.2) is 0 Å². The van der Waals surface area contributed by atoms with Gasteiger partial charge in [-0.05, 0) is 12.1 Å². The molecule has 0 radical (unpaired) electrons. The van der Waals surface area contributed by atoms with Crippen LogP contribution in [-0.2, 0) is 20.8 Å². The predicted octanol–water partition coefficient (Wildman–Crippen LogP) is 1.05. The third kappa shape index (κ3) is 3.51. The summed E-state index contributed by atoms with van der Waals surface area (Å²) >= 11 is 3.42. The highest BCUT2D eigenvalue weighted by molar-refractivity contribution is 9.10. The highest BCUT2D eigenvalue weighted by atomic mass is 79.9. The second-order valence-corrected chi connectivity index (χ2v) is 7.13. The second-order valence-electron chi connectivity index (χ2n) is 6.21. The summed E-state index contributed by atoms with van der Waals surface area (Å²) in [5.74, 6) is -1.48. The summed E-state index contributed by atoms with van der Waals surface area (Å²) < 4.78 is 13.0. The van der Waals surface area contributed by atoms with Crippen molar-refractivity contribution in [3.05, 3.63) is 34.3 Å². The summed E-state index contributed by atoms with van der Waals surface area (Å²) in [6.45, 7) is 3.44. The van der Waals surface area contributed by atoms with Gasteiger partial charge in [0.1, 0.15) is 13.1 Å². The van der Waals surface area contributed by atoms with E-state index in [1.807, 2.05) is 24.3 Å². The van der Waals surface area contributed by atoms with Gasteiger partial charge in [0.15, 0.2) is 5.79 Å². The van der Waals surface area contributed by atoms with Crippen molar-refractivity contribution in [1.29, 1.82) is 0 Å². The molecule has 0 bridgehead atoms. The highest BCUT2D eigenvalue weighted by Crippen LogP contribution is 2.35. The zero-order valence-electron chi connectivity index (χ0n) is 12.4. The molecule has 22 heavy (non-hydrogen) atoms. The maximum Gasteiger partial charge on any atom is 0.179 e. The Morgan fingerprint density at radius 3 is 2.32 bits per heavy atom. The Morgan fingerprint density at radius 2 is 1.77 bits per heavy atom. The number of ether oxygens (including phenoxy) is 2. The third-order valence-corrected chi connectivity index (χ3v) is 5.17. The van der Waals surface area contributed by atoms with E-state index < -0.39 is 11.8 Å². The summed E-state index contributed by atoms with van der Waals surface area (Å²) in [5.41, 5.74) is 1.13. The molecule has 0 aromatic heterocycles. The van der Waals surface area contributed by atoms with Gasteiger partial charge in [0.05, 0.1) is 45.1 Å². The smallest absolute Gasteiger partial charge is 0.179 e. The number of aliphatic carboxylic acids is 1. The molecule has 0 saturated carbocycles. The van der Waals surface area contributed by atoms with Crippen LogP contribution >= 0.6 is 15.9 Å². The first kappa shape index (κ1) is 15.9. The molecule has 1 spiro atoms. The van der Waals surface area contributed by atoms with Gasteiger partial charge in [-0.15, -0.1) is 0 Å². The number of nitrogens with zero attached hydrogens (tertiary/aromatic N) is 1. The lowest BCUT2D eigenvalue weighted by Crippen LogP contribution is -2.60. The maximum atomic E-state index is 11.2. The quantitative estimate of drug-likeness (QED) is 0.744. The highest BCUT2D eigenvalue weighted by Gasteiger charge is 2.46. The number of hydrogen-bond donors (Lipinski definition) is 0. The third-order valence-electron chi connectivity index (χ3n) is 4.64. The Kier molecular flexibility index (Phi) is 4.54. The monoisotopic (exact) mass is 369 g/mol. The van der Waals surface area contributed by atoms with Crippen LogP contribution in [0.5, 0.6) is 0 Å². The van der Waals surface area contributed by atoms with Crippen LogP contribution in [-0.4, -0.2) is 49.1 Å². The van der Waals surface area contributed by atoms with E-state index in [0.29, 0.717) is 24.2 Å². The molecule has 2 saturated heterocycles. The molecule has 1 aromatic rings. The van der Waals surface area contributed by atoms with Crippen molar-refractivity contribution < 1.29 is 23.9 Å². The number of halogens is 1. The SMILES string of the molecule is O=C([O-])C[N+]1(Cc2ccc(Br)cc2)CCC2(CC1)OCCO2. The molecule has 3 rings (SSSR count). The molecule has 2 fully saturated rings. The first-order valence-electron chi connectivity index (χ1n) is 7.58. The van der Waals surface area contributed by atoms with Gasteiger partial charge in [0.2, 0.25) is 0 Å². The fraction of sp³-hybridized carbons (Fsp3) is 0.562. The molecule has 0 amide bonds. The number of rotatable bonds is 4. The molecule has 1 aromatic carbocycles. The molecule has 2 heterocycles. The lowest BCUT2D eigenvalue weighted by molar-refractivity contribution is -0.943. The summed E-state index contributed by atoms with van der Waals surface area (Å²) in [6.07, 6.45) is 1.47. The zero-order valence-corrected chi connectivity index (χ0v) is 14.0. The zero-order chi connectivity index (χ0) is 15.6. The Balaban J connectivity index is 1.74. The van der Waals surface area contributed by atoms with Gasteiger partial charge in [-0.2, -0.15) is 0 Å². The van der Waals surface area contributed by atoms with Crippen molar-refractivity contribution in [3.8, 4) is 0 Å². The van der Waals surface area contributed by atoms with E-state index in [-0.39, 0.29) is 6.54 Å². The number of carboxylic acid groups (broad SMARTS) is 1. The summed E-state index contributed by atoms with van der Waals surface area (Å²) in [7, 11) is 0. The number of benzene rings is 1. The van der Waals surface area contributed by atoms with E-state index in [9.17, 15) is 9.90 Å². The van der Waals surface area contributed by atoms with Gasteiger partial charge >= 0.3 is 0 Å². The Hall–Kier alpha value is -0.950. The minimum atomic E-state index is -0.999. The predicted molar refractivity (Wildman–Crippen MR) is 81.6 cm³/mol. The van der Waals surface area contributed by atoms with Gasteiger partial charge in [0.25, 0.3) is 0 Å². The Morgan fingerprint density at radius 1 is 1.18 bits per heavy atom. The molecule has 0 aliphatic carbocycles. The number of likely N-dealkylation sites (tertiary alicyclic amines) is 1. The van der Waals surface area contributed by atoms with Crippen LogP contribution in [0.3, 0.4) is 0 Å². The number of quaternary nitrogens is 1. The van der Waals surface area contributed by atoms with E-state index >= 15 is 0 Å². The lowest BCUT2D eigenvalue weighted by Gasteiger charge is -2.46. The maximum absolute atomic E-state index is 11.2. The standard InChI is InChI=1S/C16H20BrNO4/c17-14-3-1-13(2-4-14)11-18(12-15(19)20)7-5-16(6-8-18)21-9-10-22-16/h1-4H,5-12H2. The van der Waals surface area contributed by atoms with Crippen LogP contribution < -0.4 is 5.11 Å². The number of hydrogen-bond acceptors (Lipinski definition) is 4. The second kappa shape index (κ2) is 6.28. The van der Waals surface area contributed by atoms with Crippen LogP contribution in [0, 0.1) is 0 Å². The number of carbonyl (C=O) groups excluding carboxylic acids is 1. The Bertz CT molecular complexity index is 530. The minimum Gasteiger partial charge on any atom is -0.544 e. The normalized spacial score (nSPS) is 22.8. The molecule has 2 aliphatic heterocycles. The minimum absolute atomic E-state index is 0.0339. The molecule has 6 heteroatoms. The topological polar surface area (TPSA) is 58.6 Å². The van der Waals surface area contributed by atoms with E-state index in [4.69, 9.17) is 9.47 Å². The van der Waals surface area contributed by atoms with Crippen LogP contribution in [0.4, 0.5) is 0 Å². The van der Waals surface area contributed by atoms with Crippen molar-refractivity contribution in [3.63, 3.8) is 0 Å². The van der Waals surface area contributed by atoms with E-state index in [1.54, 1.807) is 0 Å². The molecule has 0 unspecified atom stereocenters. The van der Waals surface area contributed by atoms with Gasteiger partial charge < -0.3 is 23.9 Å². The van der Waals surface area contributed by atoms with Gasteiger partial charge in [-0.3, -0.25) is 0 Å². The van der Waals surface area contributed by atoms with Gasteiger partial charge in [-0.1, -0.05) is 28.1 Å². The molecular weight excluding hydrogens is 350 g/mol. The fourth-order valence-corrected chi connectivity index (χ4v) is 3.72. The average molecular weight is 370 g/mol. The molecular formula is C16H20BrNO4. The van der Waals surface area contributed by atoms with Crippen LogP contribution in [0.25, 0.3) is 0 Å². The molecule has 0 atom stereocenters. The molecule has 120 valence electrons. The first-order chi connectivity index (χ1) is 10.5.